The second-order valence-corrected chi connectivity index (χ2v) is 7.37. The Balaban J connectivity index is 1.79. The molecule has 0 saturated heterocycles. The van der Waals surface area contributed by atoms with E-state index < -0.39 is 0 Å². The fourth-order valence-electron chi connectivity index (χ4n) is 3.26. The monoisotopic (exact) mass is 422 g/mol. The van der Waals surface area contributed by atoms with Gasteiger partial charge in [-0.2, -0.15) is 10.4 Å². The van der Waals surface area contributed by atoms with Crippen molar-refractivity contribution in [2.75, 3.05) is 20.3 Å². The summed E-state index contributed by atoms with van der Waals surface area (Å²) in [7, 11) is 1.60. The number of aromatic nitrogens is 2. The predicted molar refractivity (Wildman–Crippen MR) is 116 cm³/mol. The maximum absolute atomic E-state index is 12.1. The van der Waals surface area contributed by atoms with Crippen LogP contribution in [0.2, 0.25) is 5.02 Å². The van der Waals surface area contributed by atoms with Crippen molar-refractivity contribution in [3.63, 3.8) is 0 Å². The van der Waals surface area contributed by atoms with Gasteiger partial charge in [-0.15, -0.1) is 0 Å². The number of benzene rings is 2. The van der Waals surface area contributed by atoms with Gasteiger partial charge in [-0.25, -0.2) is 4.68 Å². The number of nitrogens with zero attached hydrogens (tertiary/aromatic N) is 3. The number of nitrogens with one attached hydrogen (secondary N) is 1. The van der Waals surface area contributed by atoms with Gasteiger partial charge in [-0.1, -0.05) is 23.7 Å². The van der Waals surface area contributed by atoms with Crippen LogP contribution in [0.25, 0.3) is 5.69 Å². The summed E-state index contributed by atoms with van der Waals surface area (Å²) < 4.78 is 6.79. The summed E-state index contributed by atoms with van der Waals surface area (Å²) in [6, 6.07) is 14.9. The van der Waals surface area contributed by atoms with E-state index in [0.29, 0.717) is 35.7 Å². The van der Waals surface area contributed by atoms with E-state index >= 15 is 0 Å². The second kappa shape index (κ2) is 9.57. The number of carbonyl (C=O) groups is 1. The molecule has 6 nitrogen and oxygen atoms in total. The third kappa shape index (κ3) is 4.70. The van der Waals surface area contributed by atoms with E-state index in [-0.39, 0.29) is 5.91 Å². The molecule has 3 rings (SSSR count). The largest absolute Gasteiger partial charge is 0.383 e. The lowest BCUT2D eigenvalue weighted by Crippen LogP contribution is -2.26. The van der Waals surface area contributed by atoms with Crippen LogP contribution in [0.15, 0.2) is 42.5 Å². The maximum atomic E-state index is 12.1. The molecule has 0 aliphatic rings. The highest BCUT2D eigenvalue weighted by atomic mass is 35.5. The fraction of sp³-hybridized carbons (Fsp3) is 0.261. The van der Waals surface area contributed by atoms with Gasteiger partial charge in [0.25, 0.3) is 5.91 Å². The second-order valence-electron chi connectivity index (χ2n) is 6.96. The molecule has 0 aliphatic carbocycles. The minimum Gasteiger partial charge on any atom is -0.383 e. The van der Waals surface area contributed by atoms with Crippen LogP contribution in [-0.2, 0) is 11.2 Å². The van der Waals surface area contributed by atoms with Gasteiger partial charge >= 0.3 is 0 Å². The first-order valence-electron chi connectivity index (χ1n) is 9.55. The molecule has 0 saturated carbocycles. The molecule has 154 valence electrons. The highest BCUT2D eigenvalue weighted by Crippen LogP contribution is 2.24. The Labute approximate surface area is 181 Å². The Morgan fingerprint density at radius 3 is 2.60 bits per heavy atom. The van der Waals surface area contributed by atoms with Gasteiger partial charge in [-0.3, -0.25) is 4.79 Å². The molecular weight excluding hydrogens is 400 g/mol. The van der Waals surface area contributed by atoms with Crippen molar-refractivity contribution >= 4 is 17.5 Å². The number of nitriles is 1. The molecule has 1 amide bonds. The van der Waals surface area contributed by atoms with Crippen molar-refractivity contribution in [3.05, 3.63) is 81.1 Å². The number of methoxy groups -OCH3 is 1. The van der Waals surface area contributed by atoms with Crippen molar-refractivity contribution in [3.8, 4) is 11.8 Å². The summed E-state index contributed by atoms with van der Waals surface area (Å²) in [6.07, 6.45) is 0.702. The van der Waals surface area contributed by atoms with E-state index in [1.54, 1.807) is 19.2 Å². The average Bonchev–Trinajstić information content (AvgIpc) is 3.02. The zero-order valence-corrected chi connectivity index (χ0v) is 18.0. The van der Waals surface area contributed by atoms with Gasteiger partial charge in [0.1, 0.15) is 6.07 Å². The lowest BCUT2D eigenvalue weighted by Gasteiger charge is -2.08. The van der Waals surface area contributed by atoms with Crippen molar-refractivity contribution in [2.24, 2.45) is 0 Å². The molecule has 0 spiro atoms. The third-order valence-corrected chi connectivity index (χ3v) is 5.26. The topological polar surface area (TPSA) is 79.9 Å². The van der Waals surface area contributed by atoms with Crippen molar-refractivity contribution in [1.29, 1.82) is 5.26 Å². The van der Waals surface area contributed by atoms with Crippen LogP contribution < -0.4 is 5.32 Å². The minimum absolute atomic E-state index is 0.114. The highest BCUT2D eigenvalue weighted by molar-refractivity contribution is 6.31. The molecule has 2 aromatic carbocycles. The Morgan fingerprint density at radius 1 is 1.23 bits per heavy atom. The molecular formula is C23H23ClN4O2. The first-order chi connectivity index (χ1) is 14.4. The zero-order valence-electron chi connectivity index (χ0n) is 17.2. The molecule has 0 aliphatic heterocycles. The summed E-state index contributed by atoms with van der Waals surface area (Å²) >= 11 is 6.19. The highest BCUT2D eigenvalue weighted by Gasteiger charge is 2.15. The van der Waals surface area contributed by atoms with Gasteiger partial charge in [0.2, 0.25) is 0 Å². The van der Waals surface area contributed by atoms with Crippen LogP contribution in [0.4, 0.5) is 0 Å². The van der Waals surface area contributed by atoms with Crippen LogP contribution in [0.1, 0.15) is 38.4 Å². The van der Waals surface area contributed by atoms with Gasteiger partial charge in [0, 0.05) is 36.9 Å². The molecule has 0 radical (unpaired) electrons. The van der Waals surface area contributed by atoms with Crippen LogP contribution in [0.5, 0.6) is 0 Å². The van der Waals surface area contributed by atoms with Crippen molar-refractivity contribution in [2.45, 2.75) is 20.3 Å². The molecule has 3 aromatic rings. The molecule has 0 atom stereocenters. The molecule has 1 aromatic heterocycles. The van der Waals surface area contributed by atoms with Crippen LogP contribution in [0.3, 0.4) is 0 Å². The summed E-state index contributed by atoms with van der Waals surface area (Å²) in [5.41, 5.74) is 6.01. The SMILES string of the molecule is COCCNC(=O)c1ccc(Cc2c(C)nn(-c3ccc(C#N)c(Cl)c3)c2C)cc1. The molecule has 0 unspecified atom stereocenters. The predicted octanol–water partition coefficient (Wildman–Crippen LogP) is 3.98. The number of amides is 1. The Morgan fingerprint density at radius 2 is 1.97 bits per heavy atom. The van der Waals surface area contributed by atoms with Crippen LogP contribution >= 0.6 is 11.6 Å². The molecule has 30 heavy (non-hydrogen) atoms. The van der Waals surface area contributed by atoms with E-state index in [1.165, 1.54) is 0 Å². The van der Waals surface area contributed by atoms with E-state index in [1.807, 2.05) is 48.9 Å². The third-order valence-electron chi connectivity index (χ3n) is 4.95. The fourth-order valence-corrected chi connectivity index (χ4v) is 3.47. The van der Waals surface area contributed by atoms with Gasteiger partial charge in [-0.05, 0) is 49.7 Å². The molecule has 1 heterocycles. The minimum atomic E-state index is -0.114. The summed E-state index contributed by atoms with van der Waals surface area (Å²) in [4.78, 5) is 12.1. The number of ether oxygens (including phenoxy) is 1. The summed E-state index contributed by atoms with van der Waals surface area (Å²) in [5, 5.41) is 16.9. The van der Waals surface area contributed by atoms with Crippen molar-refractivity contribution < 1.29 is 9.53 Å². The molecule has 0 fully saturated rings. The van der Waals surface area contributed by atoms with Gasteiger partial charge in [0.05, 0.1) is 28.6 Å². The van der Waals surface area contributed by atoms with E-state index in [4.69, 9.17) is 21.6 Å². The molecule has 7 heteroatoms. The smallest absolute Gasteiger partial charge is 0.251 e. The normalized spacial score (nSPS) is 10.6. The number of aryl methyl sites for hydroxylation is 1. The van der Waals surface area contributed by atoms with Crippen molar-refractivity contribution in [1.82, 2.24) is 15.1 Å². The Hall–Kier alpha value is -3.14. The summed E-state index contributed by atoms with van der Waals surface area (Å²) in [5.74, 6) is -0.114. The lowest BCUT2D eigenvalue weighted by molar-refractivity contribution is 0.0937. The quantitative estimate of drug-likeness (QED) is 0.584. The maximum Gasteiger partial charge on any atom is 0.251 e. The average molecular weight is 423 g/mol. The van der Waals surface area contributed by atoms with Crippen LogP contribution in [0, 0.1) is 25.2 Å². The number of hydrogen-bond donors (Lipinski definition) is 1. The number of rotatable bonds is 7. The molecule has 0 bridgehead atoms. The number of halogens is 1. The molecule has 1 N–H and O–H groups in total. The first kappa shape index (κ1) is 21.6. The van der Waals surface area contributed by atoms with E-state index in [0.717, 1.165) is 28.2 Å². The van der Waals surface area contributed by atoms with Gasteiger partial charge in [0.15, 0.2) is 0 Å². The van der Waals surface area contributed by atoms with Gasteiger partial charge < -0.3 is 10.1 Å². The zero-order chi connectivity index (χ0) is 21.7. The Bertz CT molecular complexity index is 1100. The standard InChI is InChI=1S/C23H23ClN4O2/c1-15-21(12-17-4-6-18(7-5-17)23(29)26-10-11-30-3)16(2)28(27-15)20-9-8-19(14-25)22(24)13-20/h4-9,13H,10-12H2,1-3H3,(H,26,29). The lowest BCUT2D eigenvalue weighted by atomic mass is 10.0. The number of hydrogen-bond acceptors (Lipinski definition) is 4. The first-order valence-corrected chi connectivity index (χ1v) is 9.93. The Kier molecular flexibility index (Phi) is 6.88. The number of carbonyl (C=O) groups excluding carboxylic acids is 1. The van der Waals surface area contributed by atoms with E-state index in [2.05, 4.69) is 16.5 Å². The van der Waals surface area contributed by atoms with Crippen LogP contribution in [-0.4, -0.2) is 35.9 Å². The van der Waals surface area contributed by atoms with E-state index in [9.17, 15) is 4.79 Å². The summed E-state index contributed by atoms with van der Waals surface area (Å²) in [6.45, 7) is 4.95.